The molecule has 9 N–H and O–H groups in total. The number of carbonyl (C=O) groups is 1. The standard InChI is InChI=1S/C27H22ClF5N6O5/c28-16-2-1-11(30)4-14(16)22-20-17(36-24(35)13-5-12(31)3-10(7-29)15(13)8-34)6-18-23(21(20)25(40)37-22)39(27(42,43)44)26(41)38(18)9-19(32)33/h1-6,8,19,22,36,42-44H,7,9,34-35H2,(H,37,40)/b15-8-,24-13+. The smallest absolute Gasteiger partial charge is 0.377 e. The molecule has 0 bridgehead atoms. The molecule has 1 aromatic heterocycles. The normalized spacial score (nSPS) is 16.1. The molecule has 1 amide bonds. The molecule has 0 saturated heterocycles. The number of nitrogens with one attached hydrogen (secondary N) is 2. The van der Waals surface area contributed by atoms with Crippen LogP contribution in [-0.2, 0) is 19.3 Å². The highest BCUT2D eigenvalue weighted by atomic mass is 35.5. The maximum atomic E-state index is 14.4. The van der Waals surface area contributed by atoms with Crippen molar-refractivity contribution in [3.8, 4) is 0 Å². The summed E-state index contributed by atoms with van der Waals surface area (Å²) >= 11 is 6.32. The summed E-state index contributed by atoms with van der Waals surface area (Å²) < 4.78 is 69.8. The predicted molar refractivity (Wildman–Crippen MR) is 148 cm³/mol. The summed E-state index contributed by atoms with van der Waals surface area (Å²) in [4.78, 5) is 26.6. The van der Waals surface area contributed by atoms with Gasteiger partial charge in [0.25, 0.3) is 12.3 Å². The fourth-order valence-electron chi connectivity index (χ4n) is 5.31. The molecule has 0 fully saturated rings. The molecule has 17 heteroatoms. The van der Waals surface area contributed by atoms with Gasteiger partial charge in [0, 0.05) is 38.5 Å². The minimum atomic E-state index is -3.97. The summed E-state index contributed by atoms with van der Waals surface area (Å²) in [5, 5.41) is 35.1. The number of aromatic nitrogens is 2. The number of anilines is 1. The van der Waals surface area contributed by atoms with Crippen LogP contribution in [0.3, 0.4) is 0 Å². The van der Waals surface area contributed by atoms with Crippen LogP contribution in [0.4, 0.5) is 27.6 Å². The Bertz CT molecular complexity index is 2020. The third-order valence-corrected chi connectivity index (χ3v) is 7.38. The molecule has 11 nitrogen and oxygen atoms in total. The van der Waals surface area contributed by atoms with E-state index < -0.39 is 71.6 Å². The van der Waals surface area contributed by atoms with E-state index in [4.69, 9.17) is 23.1 Å². The van der Waals surface area contributed by atoms with Gasteiger partial charge in [-0.1, -0.05) is 11.6 Å². The number of carbonyl (C=O) groups excluding carboxylic acids is 1. The van der Waals surface area contributed by atoms with Gasteiger partial charge in [-0.05, 0) is 42.0 Å². The molecule has 1 atom stereocenters. The van der Waals surface area contributed by atoms with Gasteiger partial charge in [0.15, 0.2) is 0 Å². The number of nitrogens with two attached hydrogens (primary N) is 2. The highest BCUT2D eigenvalue weighted by Crippen LogP contribution is 2.43. The Labute approximate surface area is 247 Å². The van der Waals surface area contributed by atoms with E-state index in [0.717, 1.165) is 36.5 Å². The number of hydrogen-bond donors (Lipinski definition) is 7. The summed E-state index contributed by atoms with van der Waals surface area (Å²) in [6.45, 7) is -2.44. The lowest BCUT2D eigenvalue weighted by Gasteiger charge is -2.20. The summed E-state index contributed by atoms with van der Waals surface area (Å²) in [6.07, 6.45) is -6.17. The van der Waals surface area contributed by atoms with E-state index in [1.807, 2.05) is 0 Å². The first kappa shape index (κ1) is 30.8. The molecular formula is C27H22ClF5N6O5. The zero-order chi connectivity index (χ0) is 32.2. The van der Waals surface area contributed by atoms with Gasteiger partial charge in [-0.2, -0.15) is 0 Å². The molecule has 0 aliphatic carbocycles. The number of rotatable bonds is 7. The topological polar surface area (TPSA) is 181 Å². The molecule has 0 saturated carbocycles. The average molecular weight is 641 g/mol. The quantitative estimate of drug-likeness (QED) is 0.114. The minimum absolute atomic E-state index is 0.0121. The van der Waals surface area contributed by atoms with Crippen LogP contribution in [0.1, 0.15) is 33.1 Å². The maximum absolute atomic E-state index is 14.4. The second-order valence-electron chi connectivity index (χ2n) is 9.74. The number of alkyl halides is 3. The Hall–Kier alpha value is -4.64. The van der Waals surface area contributed by atoms with E-state index in [1.54, 1.807) is 0 Å². The van der Waals surface area contributed by atoms with Gasteiger partial charge in [0.2, 0.25) is 0 Å². The van der Waals surface area contributed by atoms with Crippen molar-refractivity contribution in [3.05, 3.63) is 96.2 Å². The minimum Gasteiger partial charge on any atom is -0.404 e. The van der Waals surface area contributed by atoms with Crippen molar-refractivity contribution in [2.75, 3.05) is 5.32 Å². The van der Waals surface area contributed by atoms with Crippen LogP contribution in [0.15, 0.2) is 41.2 Å². The highest BCUT2D eigenvalue weighted by molar-refractivity contribution is 6.31. The van der Waals surface area contributed by atoms with Gasteiger partial charge >= 0.3 is 11.8 Å². The van der Waals surface area contributed by atoms with Gasteiger partial charge in [-0.25, -0.2) is 31.3 Å². The molecule has 1 aliphatic heterocycles. The first-order valence-electron chi connectivity index (χ1n) is 12.5. The Morgan fingerprint density at radius 3 is 2.45 bits per heavy atom. The van der Waals surface area contributed by atoms with Gasteiger partial charge in [-0.3, -0.25) is 9.36 Å². The van der Waals surface area contributed by atoms with Crippen molar-refractivity contribution in [2.45, 2.75) is 31.8 Å². The summed E-state index contributed by atoms with van der Waals surface area (Å²) in [6, 6.07) is 4.71. The summed E-state index contributed by atoms with van der Waals surface area (Å²) in [5.74, 6) is -3.07. The molecule has 5 rings (SSSR count). The molecule has 1 aliphatic rings. The van der Waals surface area contributed by atoms with E-state index >= 15 is 0 Å². The molecule has 3 aromatic carbocycles. The second-order valence-corrected chi connectivity index (χ2v) is 10.1. The Balaban J connectivity index is 1.94. The zero-order valence-corrected chi connectivity index (χ0v) is 22.8. The number of halogens is 6. The lowest BCUT2D eigenvalue weighted by atomic mass is 9.95. The molecule has 2 heterocycles. The fourth-order valence-corrected chi connectivity index (χ4v) is 5.54. The molecule has 0 spiro atoms. The van der Waals surface area contributed by atoms with Crippen molar-refractivity contribution in [3.63, 3.8) is 0 Å². The number of hydrogen-bond acceptors (Lipinski definition) is 8. The van der Waals surface area contributed by atoms with Crippen molar-refractivity contribution in [1.29, 1.82) is 0 Å². The molecule has 4 aromatic rings. The van der Waals surface area contributed by atoms with Gasteiger partial charge in [0.05, 0.1) is 29.2 Å². The van der Waals surface area contributed by atoms with Crippen molar-refractivity contribution in [1.82, 2.24) is 14.5 Å². The van der Waals surface area contributed by atoms with Gasteiger partial charge in [-0.15, -0.1) is 0 Å². The number of nitrogens with zero attached hydrogens (tertiary/aromatic N) is 2. The molecule has 232 valence electrons. The van der Waals surface area contributed by atoms with E-state index in [9.17, 15) is 46.9 Å². The molecule has 44 heavy (non-hydrogen) atoms. The highest BCUT2D eigenvalue weighted by Gasteiger charge is 2.41. The van der Waals surface area contributed by atoms with Crippen LogP contribution >= 0.6 is 11.6 Å². The average Bonchev–Trinajstić information content (AvgIpc) is 3.43. The SMILES string of the molecule is N/C=c1/c(CF)cc(F)c/c1=C(/N)Nc1cc2c(c3c1C(c1cc(F)ccc1Cl)NC3=O)n(C(O)(O)O)c(=O)n2CC(F)F. The third-order valence-electron chi connectivity index (χ3n) is 7.04. The van der Waals surface area contributed by atoms with Crippen LogP contribution in [0, 0.1) is 11.6 Å². The largest absolute Gasteiger partial charge is 0.404 e. The number of fused-ring (bicyclic) bond motifs is 3. The monoisotopic (exact) mass is 640 g/mol. The number of benzene rings is 3. The molecular weight excluding hydrogens is 619 g/mol. The van der Waals surface area contributed by atoms with Crippen LogP contribution in [-0.4, -0.2) is 36.8 Å². The Morgan fingerprint density at radius 1 is 1.14 bits per heavy atom. The third kappa shape index (κ3) is 5.11. The number of imidazole rings is 1. The summed E-state index contributed by atoms with van der Waals surface area (Å²) in [7, 11) is 0. The first-order chi connectivity index (χ1) is 20.7. The van der Waals surface area contributed by atoms with Gasteiger partial charge in [0.1, 0.15) is 24.1 Å². The maximum Gasteiger partial charge on any atom is 0.377 e. The molecule has 0 radical (unpaired) electrons. The Kier molecular flexibility index (Phi) is 7.79. The van der Waals surface area contributed by atoms with Crippen LogP contribution in [0.5, 0.6) is 0 Å². The van der Waals surface area contributed by atoms with Crippen molar-refractivity contribution >= 4 is 46.2 Å². The predicted octanol–water partition coefficient (Wildman–Crippen LogP) is 0.680. The van der Waals surface area contributed by atoms with Crippen molar-refractivity contribution < 1.29 is 42.1 Å². The summed E-state index contributed by atoms with van der Waals surface area (Å²) in [5.41, 5.74) is 8.10. The molecule has 1 unspecified atom stereocenters. The zero-order valence-electron chi connectivity index (χ0n) is 22.1. The van der Waals surface area contributed by atoms with E-state index in [1.165, 1.54) is 6.07 Å². The van der Waals surface area contributed by atoms with E-state index in [2.05, 4.69) is 10.6 Å². The number of aliphatic hydroxyl groups is 3. The van der Waals surface area contributed by atoms with Crippen molar-refractivity contribution in [2.24, 2.45) is 11.5 Å². The fraction of sp³-hybridized carbons (Fsp3) is 0.185. The van der Waals surface area contributed by atoms with Gasteiger partial charge < -0.3 is 37.4 Å². The van der Waals surface area contributed by atoms with Crippen LogP contribution in [0.2, 0.25) is 5.02 Å². The Morgan fingerprint density at radius 2 is 1.84 bits per heavy atom. The lowest BCUT2D eigenvalue weighted by Crippen LogP contribution is -2.41. The van der Waals surface area contributed by atoms with Crippen LogP contribution < -0.4 is 38.2 Å². The lowest BCUT2D eigenvalue weighted by molar-refractivity contribution is -0.374. The first-order valence-corrected chi connectivity index (χ1v) is 12.9. The number of amides is 1. The van der Waals surface area contributed by atoms with Crippen LogP contribution in [0.25, 0.3) is 23.1 Å². The van der Waals surface area contributed by atoms with E-state index in [0.29, 0.717) is 4.57 Å². The second kappa shape index (κ2) is 11.1. The van der Waals surface area contributed by atoms with E-state index in [-0.39, 0.29) is 48.2 Å².